The zero-order valence-electron chi connectivity index (χ0n) is 7.83. The Labute approximate surface area is 73.0 Å². The van der Waals surface area contributed by atoms with Crippen molar-refractivity contribution in [3.8, 4) is 0 Å². The Morgan fingerprint density at radius 3 is 2.67 bits per heavy atom. The molecule has 0 unspecified atom stereocenters. The van der Waals surface area contributed by atoms with Crippen molar-refractivity contribution in [3.05, 3.63) is 11.6 Å². The van der Waals surface area contributed by atoms with Gasteiger partial charge >= 0.3 is 5.97 Å². The number of carbonyl (C=O) groups is 1. The highest BCUT2D eigenvalue weighted by Crippen LogP contribution is 2.05. The Kier molecular flexibility index (Phi) is 5.37. The van der Waals surface area contributed by atoms with Crippen LogP contribution < -0.4 is 0 Å². The minimum Gasteiger partial charge on any atom is -0.466 e. The minimum absolute atomic E-state index is 0.0456. The molecule has 0 aliphatic carbocycles. The first-order chi connectivity index (χ1) is 5.61. The lowest BCUT2D eigenvalue weighted by molar-refractivity contribution is -0.144. The summed E-state index contributed by atoms with van der Waals surface area (Å²) in [6.45, 7) is 5.71. The first-order valence-electron chi connectivity index (χ1n) is 4.08. The molecule has 0 rings (SSSR count). The second-order valence-corrected chi connectivity index (χ2v) is 2.56. The summed E-state index contributed by atoms with van der Waals surface area (Å²) in [5.74, 6) is -0.355. The molecular formula is C9H16O3. The van der Waals surface area contributed by atoms with Crippen molar-refractivity contribution in [1.29, 1.82) is 0 Å². The van der Waals surface area contributed by atoms with Crippen LogP contribution >= 0.6 is 0 Å². The van der Waals surface area contributed by atoms with E-state index in [4.69, 9.17) is 0 Å². The topological polar surface area (TPSA) is 46.5 Å². The maximum absolute atomic E-state index is 10.9. The number of carbonyl (C=O) groups excluding carboxylic acids is 1. The lowest BCUT2D eigenvalue weighted by Gasteiger charge is -2.09. The van der Waals surface area contributed by atoms with Crippen molar-refractivity contribution >= 4 is 5.97 Å². The Morgan fingerprint density at radius 2 is 2.25 bits per heavy atom. The van der Waals surface area contributed by atoms with Gasteiger partial charge in [-0.2, -0.15) is 0 Å². The largest absolute Gasteiger partial charge is 0.466 e. The molecule has 0 aromatic heterocycles. The van der Waals surface area contributed by atoms with Crippen molar-refractivity contribution < 1.29 is 14.6 Å². The molecule has 70 valence electrons. The van der Waals surface area contributed by atoms with Crippen molar-refractivity contribution in [2.24, 2.45) is 0 Å². The molecule has 0 bridgehead atoms. The van der Waals surface area contributed by atoms with E-state index in [0.717, 1.165) is 5.57 Å². The van der Waals surface area contributed by atoms with Crippen molar-refractivity contribution in [2.45, 2.75) is 33.3 Å². The van der Waals surface area contributed by atoms with Gasteiger partial charge in [0.2, 0.25) is 0 Å². The Bertz CT molecular complexity index is 173. The standard InChI is InChI=1S/C9H16O3/c1-4-7(3)8(10)6-9(11)12-5-2/h4,8,10H,5-6H2,1-3H3/b7-4+/t8-/m1/s1. The molecule has 0 fully saturated rings. The summed E-state index contributed by atoms with van der Waals surface area (Å²) in [6.07, 6.45) is 1.13. The van der Waals surface area contributed by atoms with Crippen LogP contribution in [0.2, 0.25) is 0 Å². The second kappa shape index (κ2) is 5.77. The molecule has 0 aromatic rings. The number of aliphatic hydroxyl groups excluding tert-OH is 1. The molecule has 0 aliphatic rings. The van der Waals surface area contributed by atoms with E-state index in [-0.39, 0.29) is 12.4 Å². The fraction of sp³-hybridized carbons (Fsp3) is 0.667. The van der Waals surface area contributed by atoms with Gasteiger partial charge in [-0.25, -0.2) is 0 Å². The van der Waals surface area contributed by atoms with Gasteiger partial charge < -0.3 is 9.84 Å². The molecule has 0 aliphatic heterocycles. The first kappa shape index (κ1) is 11.2. The van der Waals surface area contributed by atoms with Gasteiger partial charge in [-0.1, -0.05) is 6.08 Å². The number of esters is 1. The van der Waals surface area contributed by atoms with E-state index < -0.39 is 6.10 Å². The lowest BCUT2D eigenvalue weighted by atomic mass is 10.1. The summed E-state index contributed by atoms with van der Waals surface area (Å²) >= 11 is 0. The SMILES string of the molecule is C/C=C(\C)[C@H](O)CC(=O)OCC. The van der Waals surface area contributed by atoms with Gasteiger partial charge in [-0.05, 0) is 26.3 Å². The molecular weight excluding hydrogens is 156 g/mol. The highest BCUT2D eigenvalue weighted by molar-refractivity contribution is 5.70. The van der Waals surface area contributed by atoms with E-state index in [9.17, 15) is 9.90 Å². The maximum Gasteiger partial charge on any atom is 0.308 e. The van der Waals surface area contributed by atoms with Crippen LogP contribution in [0.25, 0.3) is 0 Å². The van der Waals surface area contributed by atoms with Gasteiger partial charge in [0.1, 0.15) is 0 Å². The molecule has 0 spiro atoms. The number of ether oxygens (including phenoxy) is 1. The van der Waals surface area contributed by atoms with Crippen LogP contribution in [0.1, 0.15) is 27.2 Å². The van der Waals surface area contributed by atoms with Crippen LogP contribution in [-0.2, 0) is 9.53 Å². The van der Waals surface area contributed by atoms with Crippen molar-refractivity contribution in [3.63, 3.8) is 0 Å². The van der Waals surface area contributed by atoms with Gasteiger partial charge in [0.25, 0.3) is 0 Å². The van der Waals surface area contributed by atoms with Gasteiger partial charge in [0, 0.05) is 0 Å². The van der Waals surface area contributed by atoms with Crippen LogP contribution in [0.4, 0.5) is 0 Å². The molecule has 0 aromatic carbocycles. The Morgan fingerprint density at radius 1 is 1.67 bits per heavy atom. The summed E-state index contributed by atoms with van der Waals surface area (Å²) in [5, 5.41) is 9.35. The molecule has 3 nitrogen and oxygen atoms in total. The van der Waals surface area contributed by atoms with Crippen molar-refractivity contribution in [2.75, 3.05) is 6.61 Å². The van der Waals surface area contributed by atoms with Crippen LogP contribution in [0.3, 0.4) is 0 Å². The average molecular weight is 172 g/mol. The molecule has 1 N–H and O–H groups in total. The predicted octanol–water partition coefficient (Wildman–Crippen LogP) is 1.27. The minimum atomic E-state index is -0.700. The van der Waals surface area contributed by atoms with E-state index in [2.05, 4.69) is 4.74 Å². The quantitative estimate of drug-likeness (QED) is 0.513. The predicted molar refractivity (Wildman–Crippen MR) is 46.7 cm³/mol. The number of rotatable bonds is 4. The molecule has 0 heterocycles. The average Bonchev–Trinajstić information content (AvgIpc) is 2.03. The van der Waals surface area contributed by atoms with Gasteiger partial charge in [0.15, 0.2) is 0 Å². The number of allylic oxidation sites excluding steroid dienone is 1. The van der Waals surface area contributed by atoms with Gasteiger partial charge in [-0.3, -0.25) is 4.79 Å². The zero-order chi connectivity index (χ0) is 9.56. The first-order valence-corrected chi connectivity index (χ1v) is 4.08. The fourth-order valence-corrected chi connectivity index (χ4v) is 0.731. The third-order valence-electron chi connectivity index (χ3n) is 1.65. The number of aliphatic hydroxyl groups is 1. The van der Waals surface area contributed by atoms with E-state index >= 15 is 0 Å². The van der Waals surface area contributed by atoms with Gasteiger partial charge in [0.05, 0.1) is 19.1 Å². The summed E-state index contributed by atoms with van der Waals surface area (Å²) in [7, 11) is 0. The molecule has 3 heteroatoms. The van der Waals surface area contributed by atoms with Crippen LogP contribution in [0.15, 0.2) is 11.6 Å². The van der Waals surface area contributed by atoms with E-state index in [1.807, 2.05) is 6.92 Å². The Hall–Kier alpha value is -0.830. The lowest BCUT2D eigenvalue weighted by Crippen LogP contribution is -2.16. The fourth-order valence-electron chi connectivity index (χ4n) is 0.731. The molecule has 0 amide bonds. The van der Waals surface area contributed by atoms with Crippen LogP contribution in [0, 0.1) is 0 Å². The monoisotopic (exact) mass is 172 g/mol. The third-order valence-corrected chi connectivity index (χ3v) is 1.65. The molecule has 0 radical (unpaired) electrons. The molecule has 0 saturated heterocycles. The summed E-state index contributed by atoms with van der Waals surface area (Å²) in [5.41, 5.74) is 0.794. The molecule has 0 saturated carbocycles. The molecule has 12 heavy (non-hydrogen) atoms. The normalized spacial score (nSPS) is 14.2. The summed E-state index contributed by atoms with van der Waals surface area (Å²) < 4.78 is 4.68. The van der Waals surface area contributed by atoms with Crippen LogP contribution in [-0.4, -0.2) is 23.8 Å². The van der Waals surface area contributed by atoms with Crippen molar-refractivity contribution in [1.82, 2.24) is 0 Å². The summed E-state index contributed by atoms with van der Waals surface area (Å²) in [4.78, 5) is 10.9. The third kappa shape index (κ3) is 4.13. The highest BCUT2D eigenvalue weighted by atomic mass is 16.5. The number of hydrogen-bond donors (Lipinski definition) is 1. The second-order valence-electron chi connectivity index (χ2n) is 2.56. The Balaban J connectivity index is 3.84. The highest BCUT2D eigenvalue weighted by Gasteiger charge is 2.11. The van der Waals surface area contributed by atoms with E-state index in [1.54, 1.807) is 19.9 Å². The molecule has 1 atom stereocenters. The van der Waals surface area contributed by atoms with E-state index in [0.29, 0.717) is 6.61 Å². The van der Waals surface area contributed by atoms with Crippen LogP contribution in [0.5, 0.6) is 0 Å². The van der Waals surface area contributed by atoms with Gasteiger partial charge in [-0.15, -0.1) is 0 Å². The number of hydrogen-bond acceptors (Lipinski definition) is 3. The summed E-state index contributed by atoms with van der Waals surface area (Å²) in [6, 6.07) is 0. The van der Waals surface area contributed by atoms with E-state index in [1.165, 1.54) is 0 Å². The maximum atomic E-state index is 10.9. The smallest absolute Gasteiger partial charge is 0.308 e. The zero-order valence-corrected chi connectivity index (χ0v) is 7.83.